The van der Waals surface area contributed by atoms with Crippen LogP contribution in [0.1, 0.15) is 16.6 Å². The molecule has 138 valence electrons. The summed E-state index contributed by atoms with van der Waals surface area (Å²) in [6, 6.07) is 11.0. The summed E-state index contributed by atoms with van der Waals surface area (Å²) >= 11 is 2.67. The average molecular weight is 400 g/mol. The number of carbonyl (C=O) groups excluding carboxylic acids is 1. The number of thioether (sulfide) groups is 1. The molecule has 2 aromatic heterocycles. The van der Waals surface area contributed by atoms with Crippen LogP contribution in [0.4, 0.5) is 0 Å². The Kier molecular flexibility index (Phi) is 6.90. The van der Waals surface area contributed by atoms with E-state index in [1.54, 1.807) is 12.1 Å². The Morgan fingerprint density at radius 1 is 1.22 bits per heavy atom. The van der Waals surface area contributed by atoms with Gasteiger partial charge in [0, 0.05) is 5.56 Å². The third-order valence-electron chi connectivity index (χ3n) is 3.21. The Morgan fingerprint density at radius 2 is 2.07 bits per heavy atom. The normalized spacial score (nSPS) is 10.1. The number of nitrogens with zero attached hydrogens (tertiary/aromatic N) is 2. The van der Waals surface area contributed by atoms with E-state index >= 15 is 0 Å². The monoisotopic (exact) mass is 400 g/mol. The van der Waals surface area contributed by atoms with Crippen LogP contribution in [0, 0.1) is 11.8 Å². The number of thiophene rings is 1. The molecule has 8 heteroatoms. The van der Waals surface area contributed by atoms with E-state index in [1.807, 2.05) is 36.6 Å². The molecule has 3 rings (SSSR count). The van der Waals surface area contributed by atoms with Crippen LogP contribution >= 0.6 is 23.1 Å². The lowest BCUT2D eigenvalue weighted by molar-refractivity contribution is 0.0562. The molecule has 0 fully saturated rings. The van der Waals surface area contributed by atoms with Gasteiger partial charge in [-0.2, -0.15) is 0 Å². The summed E-state index contributed by atoms with van der Waals surface area (Å²) in [5.74, 6) is 7.03. The Balaban J connectivity index is 1.44. The van der Waals surface area contributed by atoms with Crippen LogP contribution in [0.15, 0.2) is 51.4 Å². The lowest BCUT2D eigenvalue weighted by Gasteiger charge is -2.02. The Morgan fingerprint density at radius 3 is 2.81 bits per heavy atom. The first kappa shape index (κ1) is 19.0. The smallest absolute Gasteiger partial charge is 0.349 e. The molecule has 0 unspecified atom stereocenters. The van der Waals surface area contributed by atoms with Crippen molar-refractivity contribution in [3.63, 3.8) is 0 Å². The molecule has 0 saturated carbocycles. The van der Waals surface area contributed by atoms with Crippen molar-refractivity contribution in [1.29, 1.82) is 0 Å². The zero-order chi connectivity index (χ0) is 18.9. The summed E-state index contributed by atoms with van der Waals surface area (Å²) in [7, 11) is 0. The molecule has 0 aliphatic heterocycles. The Hall–Kier alpha value is -2.76. The molecule has 3 aromatic rings. The molecule has 0 bridgehead atoms. The lowest BCUT2D eigenvalue weighted by Crippen LogP contribution is -2.02. The maximum absolute atomic E-state index is 11.6. The second-order valence-electron chi connectivity index (χ2n) is 5.03. The number of carbonyl (C=O) groups is 1. The minimum atomic E-state index is -0.358. The van der Waals surface area contributed by atoms with Gasteiger partial charge in [0.15, 0.2) is 6.61 Å². The van der Waals surface area contributed by atoms with Gasteiger partial charge in [0.1, 0.15) is 10.6 Å². The fourth-order valence-electron chi connectivity index (χ4n) is 2.01. The van der Waals surface area contributed by atoms with E-state index < -0.39 is 0 Å². The number of hydrogen-bond donors (Lipinski definition) is 0. The Bertz CT molecular complexity index is 925. The summed E-state index contributed by atoms with van der Waals surface area (Å²) in [6.07, 6.45) is 0. The van der Waals surface area contributed by atoms with Crippen LogP contribution in [0.25, 0.3) is 11.5 Å². The Labute approximate surface area is 164 Å². The fraction of sp³-hybridized carbons (Fsp3) is 0.211. The van der Waals surface area contributed by atoms with Crippen molar-refractivity contribution in [2.75, 3.05) is 19.0 Å². The molecule has 2 heterocycles. The van der Waals surface area contributed by atoms with Crippen LogP contribution in [-0.4, -0.2) is 35.1 Å². The van der Waals surface area contributed by atoms with Gasteiger partial charge in [0.25, 0.3) is 5.22 Å². The van der Waals surface area contributed by atoms with Crippen molar-refractivity contribution >= 4 is 29.1 Å². The highest BCUT2D eigenvalue weighted by Crippen LogP contribution is 2.24. The first-order valence-electron chi connectivity index (χ1n) is 8.12. The molecule has 0 amide bonds. The molecule has 0 aliphatic rings. The van der Waals surface area contributed by atoms with E-state index in [1.165, 1.54) is 23.1 Å². The number of rotatable bonds is 7. The third kappa shape index (κ3) is 5.61. The summed E-state index contributed by atoms with van der Waals surface area (Å²) in [5.41, 5.74) is 0.823. The number of aromatic nitrogens is 2. The average Bonchev–Trinajstić information content (AvgIpc) is 3.37. The second-order valence-corrected chi connectivity index (χ2v) is 6.90. The number of ether oxygens (including phenoxy) is 2. The first-order chi connectivity index (χ1) is 13.3. The van der Waals surface area contributed by atoms with Crippen LogP contribution in [0.3, 0.4) is 0 Å². The molecule has 0 saturated heterocycles. The highest BCUT2D eigenvalue weighted by atomic mass is 32.2. The van der Waals surface area contributed by atoms with Gasteiger partial charge in [-0.15, -0.1) is 21.5 Å². The van der Waals surface area contributed by atoms with Gasteiger partial charge < -0.3 is 13.9 Å². The summed E-state index contributed by atoms with van der Waals surface area (Å²) < 4.78 is 16.1. The second kappa shape index (κ2) is 9.80. The van der Waals surface area contributed by atoms with Crippen LogP contribution in [-0.2, 0) is 4.74 Å². The van der Waals surface area contributed by atoms with E-state index in [-0.39, 0.29) is 12.6 Å². The number of hydrogen-bond acceptors (Lipinski definition) is 8. The highest BCUT2D eigenvalue weighted by Gasteiger charge is 2.09. The number of benzene rings is 1. The van der Waals surface area contributed by atoms with Crippen molar-refractivity contribution in [3.05, 3.63) is 46.7 Å². The van der Waals surface area contributed by atoms with E-state index in [0.717, 1.165) is 11.3 Å². The van der Waals surface area contributed by atoms with Crippen molar-refractivity contribution in [2.45, 2.75) is 12.1 Å². The fourth-order valence-corrected chi connectivity index (χ4v) is 3.16. The van der Waals surface area contributed by atoms with Gasteiger partial charge in [-0.25, -0.2) is 4.79 Å². The van der Waals surface area contributed by atoms with Gasteiger partial charge in [0.2, 0.25) is 5.89 Å². The van der Waals surface area contributed by atoms with E-state index in [4.69, 9.17) is 13.9 Å². The third-order valence-corrected chi connectivity index (χ3v) is 4.76. The van der Waals surface area contributed by atoms with E-state index in [2.05, 4.69) is 22.0 Å². The SMILES string of the molecule is CCOc1ccc(-c2nnc(SCC#CCOC(=O)c3cccs3)o2)cc1. The topological polar surface area (TPSA) is 74.5 Å². The molecule has 27 heavy (non-hydrogen) atoms. The van der Waals surface area contributed by atoms with Crippen LogP contribution in [0.2, 0.25) is 0 Å². The van der Waals surface area contributed by atoms with Crippen LogP contribution < -0.4 is 4.74 Å². The maximum Gasteiger partial charge on any atom is 0.349 e. The maximum atomic E-state index is 11.6. The molecule has 0 spiro atoms. The minimum Gasteiger partial charge on any atom is -0.494 e. The van der Waals surface area contributed by atoms with E-state index in [9.17, 15) is 4.79 Å². The number of esters is 1. The molecule has 1 aromatic carbocycles. The summed E-state index contributed by atoms with van der Waals surface area (Å²) in [5, 5.41) is 10.3. The van der Waals surface area contributed by atoms with Crippen molar-refractivity contribution in [3.8, 4) is 29.0 Å². The summed E-state index contributed by atoms with van der Waals surface area (Å²) in [6.45, 7) is 2.61. The standard InChI is InChI=1S/C19H16N2O4S2/c1-2-23-15-9-7-14(8-10-15)17-20-21-19(25-17)27-12-4-3-11-24-18(22)16-6-5-13-26-16/h5-10,13H,2,11-12H2,1H3. The zero-order valence-electron chi connectivity index (χ0n) is 14.5. The molecule has 0 N–H and O–H groups in total. The van der Waals surface area contributed by atoms with E-state index in [0.29, 0.717) is 28.4 Å². The van der Waals surface area contributed by atoms with Crippen molar-refractivity contribution in [1.82, 2.24) is 10.2 Å². The molecule has 0 aliphatic carbocycles. The predicted octanol–water partition coefficient (Wildman–Crippen LogP) is 4.15. The summed E-state index contributed by atoms with van der Waals surface area (Å²) in [4.78, 5) is 12.2. The lowest BCUT2D eigenvalue weighted by atomic mass is 10.2. The van der Waals surface area contributed by atoms with Crippen molar-refractivity contribution in [2.24, 2.45) is 0 Å². The van der Waals surface area contributed by atoms with Gasteiger partial charge >= 0.3 is 5.97 Å². The molecule has 0 radical (unpaired) electrons. The molecule has 6 nitrogen and oxygen atoms in total. The predicted molar refractivity (Wildman–Crippen MR) is 104 cm³/mol. The largest absolute Gasteiger partial charge is 0.494 e. The van der Waals surface area contributed by atoms with Gasteiger partial charge in [0.05, 0.1) is 12.4 Å². The highest BCUT2D eigenvalue weighted by molar-refractivity contribution is 7.99. The quantitative estimate of drug-likeness (QED) is 0.335. The molecular weight excluding hydrogens is 384 g/mol. The van der Waals surface area contributed by atoms with Gasteiger partial charge in [-0.3, -0.25) is 0 Å². The van der Waals surface area contributed by atoms with Crippen molar-refractivity contribution < 1.29 is 18.7 Å². The van der Waals surface area contributed by atoms with Gasteiger partial charge in [-0.05, 0) is 42.6 Å². The molecular formula is C19H16N2O4S2. The minimum absolute atomic E-state index is 0.0541. The zero-order valence-corrected chi connectivity index (χ0v) is 16.1. The van der Waals surface area contributed by atoms with Gasteiger partial charge in [-0.1, -0.05) is 29.7 Å². The first-order valence-corrected chi connectivity index (χ1v) is 9.98. The molecule has 0 atom stereocenters. The van der Waals surface area contributed by atoms with Crippen LogP contribution in [0.5, 0.6) is 5.75 Å².